The van der Waals surface area contributed by atoms with Crippen LogP contribution in [0.4, 0.5) is 5.69 Å². The van der Waals surface area contributed by atoms with Gasteiger partial charge in [-0.3, -0.25) is 0 Å². The molecule has 1 unspecified atom stereocenters. The van der Waals surface area contributed by atoms with Gasteiger partial charge in [-0.25, -0.2) is 4.98 Å². The summed E-state index contributed by atoms with van der Waals surface area (Å²) in [7, 11) is 0. The first-order chi connectivity index (χ1) is 7.29. The SMILES string of the molecule is CCOc1ccc(NC(C)C2CC2)cn1. The second-order valence-corrected chi connectivity index (χ2v) is 4.09. The molecule has 1 atom stereocenters. The van der Waals surface area contributed by atoms with Crippen molar-refractivity contribution in [3.63, 3.8) is 0 Å². The molecule has 1 saturated carbocycles. The Hall–Kier alpha value is -1.25. The van der Waals surface area contributed by atoms with Crippen molar-refractivity contribution in [1.82, 2.24) is 4.98 Å². The maximum absolute atomic E-state index is 5.29. The van der Waals surface area contributed by atoms with E-state index < -0.39 is 0 Å². The summed E-state index contributed by atoms with van der Waals surface area (Å²) in [6.45, 7) is 4.86. The predicted octanol–water partition coefficient (Wildman–Crippen LogP) is 2.69. The van der Waals surface area contributed by atoms with Crippen LogP contribution in [-0.2, 0) is 0 Å². The maximum atomic E-state index is 5.29. The molecule has 15 heavy (non-hydrogen) atoms. The van der Waals surface area contributed by atoms with Crippen molar-refractivity contribution in [2.75, 3.05) is 11.9 Å². The van der Waals surface area contributed by atoms with Crippen LogP contribution < -0.4 is 10.1 Å². The van der Waals surface area contributed by atoms with E-state index in [1.807, 2.05) is 25.3 Å². The van der Waals surface area contributed by atoms with E-state index in [4.69, 9.17) is 4.74 Å². The minimum absolute atomic E-state index is 0.560. The average Bonchev–Trinajstić information content (AvgIpc) is 3.04. The highest BCUT2D eigenvalue weighted by molar-refractivity contribution is 5.43. The summed E-state index contributed by atoms with van der Waals surface area (Å²) < 4.78 is 5.29. The zero-order chi connectivity index (χ0) is 10.7. The fraction of sp³-hybridized carbons (Fsp3) is 0.583. The summed E-state index contributed by atoms with van der Waals surface area (Å²) in [6.07, 6.45) is 4.56. The molecule has 82 valence electrons. The van der Waals surface area contributed by atoms with Crippen LogP contribution in [0.1, 0.15) is 26.7 Å². The Bertz CT molecular complexity index is 306. The van der Waals surface area contributed by atoms with Gasteiger partial charge in [0.1, 0.15) is 0 Å². The van der Waals surface area contributed by atoms with Crippen LogP contribution in [0.15, 0.2) is 18.3 Å². The van der Waals surface area contributed by atoms with Crippen LogP contribution in [0.2, 0.25) is 0 Å². The first-order valence-electron chi connectivity index (χ1n) is 5.65. The minimum atomic E-state index is 0.560. The molecule has 1 fully saturated rings. The number of ether oxygens (including phenoxy) is 1. The molecule has 0 aliphatic heterocycles. The largest absolute Gasteiger partial charge is 0.478 e. The number of hydrogen-bond acceptors (Lipinski definition) is 3. The zero-order valence-corrected chi connectivity index (χ0v) is 9.36. The van der Waals surface area contributed by atoms with E-state index in [2.05, 4.69) is 17.2 Å². The third-order valence-electron chi connectivity index (χ3n) is 2.75. The standard InChI is InChI=1S/C12H18N2O/c1-3-15-12-7-6-11(8-13-12)14-9(2)10-4-5-10/h6-10,14H,3-5H2,1-2H3. The van der Waals surface area contributed by atoms with E-state index in [-0.39, 0.29) is 0 Å². The molecule has 3 heteroatoms. The Balaban J connectivity index is 1.91. The molecule has 1 aromatic heterocycles. The lowest BCUT2D eigenvalue weighted by Crippen LogP contribution is -2.17. The summed E-state index contributed by atoms with van der Waals surface area (Å²) in [5.74, 6) is 1.55. The van der Waals surface area contributed by atoms with Crippen LogP contribution >= 0.6 is 0 Å². The Morgan fingerprint density at radius 1 is 1.53 bits per heavy atom. The fourth-order valence-corrected chi connectivity index (χ4v) is 1.68. The van der Waals surface area contributed by atoms with Gasteiger partial charge in [0.15, 0.2) is 0 Å². The number of hydrogen-bond donors (Lipinski definition) is 1. The number of rotatable bonds is 5. The van der Waals surface area contributed by atoms with E-state index in [0.717, 1.165) is 11.6 Å². The van der Waals surface area contributed by atoms with E-state index in [0.29, 0.717) is 18.5 Å². The number of nitrogens with one attached hydrogen (secondary N) is 1. The second-order valence-electron chi connectivity index (χ2n) is 4.09. The van der Waals surface area contributed by atoms with Crippen LogP contribution in [0.3, 0.4) is 0 Å². The Morgan fingerprint density at radius 3 is 2.87 bits per heavy atom. The van der Waals surface area contributed by atoms with Crippen molar-refractivity contribution < 1.29 is 4.74 Å². The van der Waals surface area contributed by atoms with Gasteiger partial charge >= 0.3 is 0 Å². The van der Waals surface area contributed by atoms with Crippen molar-refractivity contribution in [2.24, 2.45) is 5.92 Å². The summed E-state index contributed by atoms with van der Waals surface area (Å²) in [4.78, 5) is 4.22. The van der Waals surface area contributed by atoms with Crippen molar-refractivity contribution in [1.29, 1.82) is 0 Å². The third-order valence-corrected chi connectivity index (χ3v) is 2.75. The summed E-state index contributed by atoms with van der Waals surface area (Å²) in [5.41, 5.74) is 1.08. The number of nitrogens with zero attached hydrogens (tertiary/aromatic N) is 1. The summed E-state index contributed by atoms with van der Waals surface area (Å²) in [5, 5.41) is 3.46. The van der Waals surface area contributed by atoms with Gasteiger partial charge in [0.2, 0.25) is 5.88 Å². The Morgan fingerprint density at radius 2 is 2.33 bits per heavy atom. The van der Waals surface area contributed by atoms with E-state index >= 15 is 0 Å². The van der Waals surface area contributed by atoms with E-state index in [9.17, 15) is 0 Å². The number of anilines is 1. The van der Waals surface area contributed by atoms with Gasteiger partial charge < -0.3 is 10.1 Å². The van der Waals surface area contributed by atoms with Gasteiger partial charge in [0.05, 0.1) is 18.5 Å². The van der Waals surface area contributed by atoms with Gasteiger partial charge in [-0.15, -0.1) is 0 Å². The molecule has 1 heterocycles. The summed E-state index contributed by atoms with van der Waals surface area (Å²) >= 11 is 0. The minimum Gasteiger partial charge on any atom is -0.478 e. The fourth-order valence-electron chi connectivity index (χ4n) is 1.68. The van der Waals surface area contributed by atoms with Crippen LogP contribution in [0.5, 0.6) is 5.88 Å². The van der Waals surface area contributed by atoms with Crippen molar-refractivity contribution >= 4 is 5.69 Å². The number of aromatic nitrogens is 1. The third kappa shape index (κ3) is 2.85. The van der Waals surface area contributed by atoms with Gasteiger partial charge in [-0.2, -0.15) is 0 Å². The summed E-state index contributed by atoms with van der Waals surface area (Å²) in [6, 6.07) is 4.49. The topological polar surface area (TPSA) is 34.1 Å². The lowest BCUT2D eigenvalue weighted by atomic mass is 10.2. The highest BCUT2D eigenvalue weighted by atomic mass is 16.5. The maximum Gasteiger partial charge on any atom is 0.213 e. The molecule has 1 N–H and O–H groups in total. The van der Waals surface area contributed by atoms with Crippen LogP contribution in [0.25, 0.3) is 0 Å². The highest BCUT2D eigenvalue weighted by Crippen LogP contribution is 2.33. The van der Waals surface area contributed by atoms with Crippen LogP contribution in [0, 0.1) is 5.92 Å². The molecular formula is C12H18N2O. The average molecular weight is 206 g/mol. The number of pyridine rings is 1. The molecule has 0 aromatic carbocycles. The lowest BCUT2D eigenvalue weighted by Gasteiger charge is -2.13. The van der Waals surface area contributed by atoms with Gasteiger partial charge in [0, 0.05) is 12.1 Å². The Labute approximate surface area is 90.9 Å². The normalized spacial score (nSPS) is 17.2. The lowest BCUT2D eigenvalue weighted by molar-refractivity contribution is 0.327. The molecule has 1 aromatic rings. The highest BCUT2D eigenvalue weighted by Gasteiger charge is 2.27. The van der Waals surface area contributed by atoms with E-state index in [1.165, 1.54) is 12.8 Å². The molecule has 0 bridgehead atoms. The van der Waals surface area contributed by atoms with Crippen molar-refractivity contribution in [3.05, 3.63) is 18.3 Å². The van der Waals surface area contributed by atoms with Gasteiger partial charge in [0.25, 0.3) is 0 Å². The molecule has 0 saturated heterocycles. The molecule has 2 rings (SSSR count). The first kappa shape index (κ1) is 10.3. The van der Waals surface area contributed by atoms with E-state index in [1.54, 1.807) is 0 Å². The Kier molecular flexibility index (Phi) is 3.09. The quantitative estimate of drug-likeness (QED) is 0.804. The van der Waals surface area contributed by atoms with Crippen LogP contribution in [-0.4, -0.2) is 17.6 Å². The second kappa shape index (κ2) is 4.51. The molecule has 1 aliphatic carbocycles. The monoisotopic (exact) mass is 206 g/mol. The molecule has 1 aliphatic rings. The zero-order valence-electron chi connectivity index (χ0n) is 9.36. The van der Waals surface area contributed by atoms with Crippen molar-refractivity contribution in [3.8, 4) is 5.88 Å². The van der Waals surface area contributed by atoms with Gasteiger partial charge in [-0.05, 0) is 38.7 Å². The molecular weight excluding hydrogens is 188 g/mol. The molecule has 0 spiro atoms. The molecule has 0 amide bonds. The van der Waals surface area contributed by atoms with Crippen molar-refractivity contribution in [2.45, 2.75) is 32.7 Å². The molecule has 3 nitrogen and oxygen atoms in total. The smallest absolute Gasteiger partial charge is 0.213 e. The predicted molar refractivity (Wildman–Crippen MR) is 61.2 cm³/mol. The first-order valence-corrected chi connectivity index (χ1v) is 5.65. The molecule has 0 radical (unpaired) electrons. The van der Waals surface area contributed by atoms with Gasteiger partial charge in [-0.1, -0.05) is 0 Å².